The summed E-state index contributed by atoms with van der Waals surface area (Å²) in [5.74, 6) is -0.473. The lowest BCUT2D eigenvalue weighted by molar-refractivity contribution is 0.0940. The quantitative estimate of drug-likeness (QED) is 0.780. The molecule has 0 aliphatic carbocycles. The second-order valence-electron chi connectivity index (χ2n) is 3.74. The molecule has 0 aliphatic rings. The first kappa shape index (κ1) is 12.6. The summed E-state index contributed by atoms with van der Waals surface area (Å²) in [6, 6.07) is 4.21. The number of amides is 1. The summed E-state index contributed by atoms with van der Waals surface area (Å²) in [5, 5.41) is 2.76. The van der Waals surface area contributed by atoms with Crippen molar-refractivity contribution in [2.45, 2.75) is 26.7 Å². The van der Waals surface area contributed by atoms with E-state index in [2.05, 4.69) is 24.1 Å². The third-order valence-corrected chi connectivity index (χ3v) is 2.65. The van der Waals surface area contributed by atoms with E-state index < -0.39 is 5.95 Å². The Balaban J connectivity index is 2.52. The summed E-state index contributed by atoms with van der Waals surface area (Å²) in [7, 11) is 0. The van der Waals surface area contributed by atoms with Gasteiger partial charge in [0.2, 0.25) is 5.95 Å². The molecule has 88 valence electrons. The molecule has 0 bridgehead atoms. The van der Waals surface area contributed by atoms with Crippen LogP contribution in [0.25, 0.3) is 0 Å². The van der Waals surface area contributed by atoms with Gasteiger partial charge in [0.15, 0.2) is 0 Å². The van der Waals surface area contributed by atoms with Crippen LogP contribution in [0.5, 0.6) is 0 Å². The Morgan fingerprint density at radius 3 is 2.69 bits per heavy atom. The Morgan fingerprint density at radius 1 is 1.44 bits per heavy atom. The first-order chi connectivity index (χ1) is 7.67. The van der Waals surface area contributed by atoms with Crippen molar-refractivity contribution in [1.82, 2.24) is 10.3 Å². The molecule has 0 saturated heterocycles. The number of nitrogens with zero attached hydrogens (tertiary/aromatic N) is 1. The zero-order valence-electron chi connectivity index (χ0n) is 9.66. The molecule has 1 heterocycles. The van der Waals surface area contributed by atoms with E-state index in [9.17, 15) is 9.18 Å². The first-order valence-electron chi connectivity index (χ1n) is 5.58. The van der Waals surface area contributed by atoms with Crippen LogP contribution in [0, 0.1) is 11.9 Å². The molecule has 0 unspecified atom stereocenters. The molecule has 1 rings (SSSR count). The van der Waals surface area contributed by atoms with Crippen molar-refractivity contribution in [2.24, 2.45) is 5.92 Å². The molecule has 0 aromatic carbocycles. The molecular formula is C12H17FN2O. The van der Waals surface area contributed by atoms with Crippen LogP contribution in [0.4, 0.5) is 4.39 Å². The minimum absolute atomic E-state index is 0.131. The van der Waals surface area contributed by atoms with Gasteiger partial charge in [-0.3, -0.25) is 4.79 Å². The van der Waals surface area contributed by atoms with Crippen LogP contribution in [0.3, 0.4) is 0 Å². The van der Waals surface area contributed by atoms with E-state index in [1.807, 2.05) is 0 Å². The van der Waals surface area contributed by atoms with Crippen molar-refractivity contribution in [1.29, 1.82) is 0 Å². The molecule has 0 saturated carbocycles. The number of halogens is 1. The van der Waals surface area contributed by atoms with Crippen molar-refractivity contribution in [3.05, 3.63) is 29.8 Å². The number of rotatable bonds is 5. The highest BCUT2D eigenvalue weighted by molar-refractivity contribution is 5.92. The fourth-order valence-electron chi connectivity index (χ4n) is 1.44. The normalized spacial score (nSPS) is 10.5. The zero-order valence-corrected chi connectivity index (χ0v) is 9.66. The summed E-state index contributed by atoms with van der Waals surface area (Å²) >= 11 is 0. The maximum Gasteiger partial charge on any atom is 0.270 e. The van der Waals surface area contributed by atoms with Gasteiger partial charge in [0.05, 0.1) is 0 Å². The summed E-state index contributed by atoms with van der Waals surface area (Å²) in [4.78, 5) is 15.1. The van der Waals surface area contributed by atoms with Gasteiger partial charge < -0.3 is 5.32 Å². The van der Waals surface area contributed by atoms with Gasteiger partial charge in [-0.05, 0) is 18.1 Å². The van der Waals surface area contributed by atoms with Gasteiger partial charge in [-0.1, -0.05) is 32.8 Å². The predicted octanol–water partition coefficient (Wildman–Crippen LogP) is 2.39. The molecule has 0 radical (unpaired) electrons. The summed E-state index contributed by atoms with van der Waals surface area (Å²) < 4.78 is 12.8. The highest BCUT2D eigenvalue weighted by atomic mass is 19.1. The third kappa shape index (κ3) is 3.61. The van der Waals surface area contributed by atoms with Gasteiger partial charge in [-0.15, -0.1) is 0 Å². The second-order valence-corrected chi connectivity index (χ2v) is 3.74. The van der Waals surface area contributed by atoms with Crippen molar-refractivity contribution < 1.29 is 9.18 Å². The maximum atomic E-state index is 12.8. The van der Waals surface area contributed by atoms with E-state index in [4.69, 9.17) is 0 Å². The van der Waals surface area contributed by atoms with Crippen molar-refractivity contribution in [2.75, 3.05) is 6.54 Å². The van der Waals surface area contributed by atoms with Crippen molar-refractivity contribution in [3.8, 4) is 0 Å². The summed E-state index contributed by atoms with van der Waals surface area (Å²) in [6.07, 6.45) is 2.04. The molecule has 1 amide bonds. The number of hydrogen-bond donors (Lipinski definition) is 1. The number of carbonyl (C=O) groups excluding carboxylic acids is 1. The van der Waals surface area contributed by atoms with Crippen LogP contribution in [0.1, 0.15) is 37.2 Å². The third-order valence-electron chi connectivity index (χ3n) is 2.65. The molecule has 16 heavy (non-hydrogen) atoms. The van der Waals surface area contributed by atoms with Crippen LogP contribution < -0.4 is 5.32 Å². The Kier molecular flexibility index (Phi) is 4.89. The van der Waals surface area contributed by atoms with E-state index in [0.29, 0.717) is 12.5 Å². The van der Waals surface area contributed by atoms with Gasteiger partial charge in [-0.25, -0.2) is 4.98 Å². The molecule has 0 spiro atoms. The van der Waals surface area contributed by atoms with Gasteiger partial charge >= 0.3 is 0 Å². The standard InChI is InChI=1S/C12H17FN2O/c1-3-9(4-2)8-14-12(16)10-6-5-7-11(13)15-10/h5-7,9H,3-4,8H2,1-2H3,(H,14,16). The maximum absolute atomic E-state index is 12.8. The minimum atomic E-state index is -0.629. The molecule has 1 aromatic heterocycles. The smallest absolute Gasteiger partial charge is 0.270 e. The fourth-order valence-corrected chi connectivity index (χ4v) is 1.44. The Hall–Kier alpha value is -1.45. The van der Waals surface area contributed by atoms with Gasteiger partial charge in [0, 0.05) is 6.54 Å². The first-order valence-corrected chi connectivity index (χ1v) is 5.58. The van der Waals surface area contributed by atoms with Crippen molar-refractivity contribution >= 4 is 5.91 Å². The van der Waals surface area contributed by atoms with Crippen LogP contribution in [-0.2, 0) is 0 Å². The number of hydrogen-bond acceptors (Lipinski definition) is 2. The molecule has 0 aliphatic heterocycles. The minimum Gasteiger partial charge on any atom is -0.350 e. The molecule has 1 aromatic rings. The van der Waals surface area contributed by atoms with Gasteiger partial charge in [0.25, 0.3) is 5.91 Å². The number of nitrogens with one attached hydrogen (secondary N) is 1. The highest BCUT2D eigenvalue weighted by Gasteiger charge is 2.10. The predicted molar refractivity (Wildman–Crippen MR) is 60.6 cm³/mol. The number of carbonyl (C=O) groups is 1. The van der Waals surface area contributed by atoms with E-state index in [0.717, 1.165) is 12.8 Å². The van der Waals surface area contributed by atoms with E-state index in [-0.39, 0.29) is 11.6 Å². The molecule has 0 fully saturated rings. The topological polar surface area (TPSA) is 42.0 Å². The van der Waals surface area contributed by atoms with Crippen LogP contribution >= 0.6 is 0 Å². The average molecular weight is 224 g/mol. The van der Waals surface area contributed by atoms with Crippen LogP contribution in [0.2, 0.25) is 0 Å². The Labute approximate surface area is 95.1 Å². The molecule has 1 N–H and O–H groups in total. The summed E-state index contributed by atoms with van der Waals surface area (Å²) in [6.45, 7) is 4.78. The highest BCUT2D eigenvalue weighted by Crippen LogP contribution is 2.05. The van der Waals surface area contributed by atoms with Gasteiger partial charge in [-0.2, -0.15) is 4.39 Å². The number of pyridine rings is 1. The number of aromatic nitrogens is 1. The average Bonchev–Trinajstić information content (AvgIpc) is 2.30. The fraction of sp³-hybridized carbons (Fsp3) is 0.500. The molecular weight excluding hydrogens is 207 g/mol. The van der Waals surface area contributed by atoms with E-state index >= 15 is 0 Å². The summed E-state index contributed by atoms with van der Waals surface area (Å²) in [5.41, 5.74) is 0.131. The van der Waals surface area contributed by atoms with E-state index in [1.165, 1.54) is 18.2 Å². The molecule has 3 nitrogen and oxygen atoms in total. The van der Waals surface area contributed by atoms with Crippen molar-refractivity contribution in [3.63, 3.8) is 0 Å². The lowest BCUT2D eigenvalue weighted by Crippen LogP contribution is -2.29. The Morgan fingerprint density at radius 2 is 2.12 bits per heavy atom. The van der Waals surface area contributed by atoms with Crippen LogP contribution in [-0.4, -0.2) is 17.4 Å². The lowest BCUT2D eigenvalue weighted by atomic mass is 10.0. The van der Waals surface area contributed by atoms with Crippen LogP contribution in [0.15, 0.2) is 18.2 Å². The van der Waals surface area contributed by atoms with E-state index in [1.54, 1.807) is 0 Å². The zero-order chi connectivity index (χ0) is 12.0. The lowest BCUT2D eigenvalue weighted by Gasteiger charge is -2.12. The molecule has 4 heteroatoms. The van der Waals surface area contributed by atoms with Gasteiger partial charge in [0.1, 0.15) is 5.69 Å². The SMILES string of the molecule is CCC(CC)CNC(=O)c1cccc(F)n1. The largest absolute Gasteiger partial charge is 0.350 e. The second kappa shape index (κ2) is 6.20. The monoisotopic (exact) mass is 224 g/mol. The Bertz CT molecular complexity index is 351. The molecule has 0 atom stereocenters.